The van der Waals surface area contributed by atoms with Crippen molar-refractivity contribution in [2.75, 3.05) is 14.1 Å². The average Bonchev–Trinajstić information content (AvgIpc) is 2.49. The molecule has 15 heavy (non-hydrogen) atoms. The number of halogens is 1. The predicted octanol–water partition coefficient (Wildman–Crippen LogP) is 2.68. The number of hydrogen-bond acceptors (Lipinski definition) is 1. The second kappa shape index (κ2) is 3.66. The lowest BCUT2D eigenvalue weighted by atomic mass is 10.1. The van der Waals surface area contributed by atoms with Gasteiger partial charge in [0.15, 0.2) is 0 Å². The Hall–Kier alpha value is -1.35. The Bertz CT molecular complexity index is 486. The molecule has 3 heteroatoms. The maximum absolute atomic E-state index is 13.4. The van der Waals surface area contributed by atoms with Crippen LogP contribution in [0.1, 0.15) is 11.1 Å². The number of hydrogen-bond donors (Lipinski definition) is 1. The molecule has 1 aromatic heterocycles. The van der Waals surface area contributed by atoms with Crippen LogP contribution in [0, 0.1) is 12.7 Å². The maximum Gasteiger partial charge on any atom is 0.126 e. The lowest BCUT2D eigenvalue weighted by Crippen LogP contribution is -2.10. The molecule has 0 aliphatic heterocycles. The Kier molecular flexibility index (Phi) is 2.49. The summed E-state index contributed by atoms with van der Waals surface area (Å²) in [5.41, 5.74) is 2.82. The van der Waals surface area contributed by atoms with Crippen molar-refractivity contribution in [2.24, 2.45) is 0 Å². The summed E-state index contributed by atoms with van der Waals surface area (Å²) in [6.45, 7) is 2.60. The molecule has 1 heterocycles. The Labute approximate surface area is 88.7 Å². The summed E-state index contributed by atoms with van der Waals surface area (Å²) in [7, 11) is 4.01. The van der Waals surface area contributed by atoms with E-state index in [9.17, 15) is 4.39 Å². The van der Waals surface area contributed by atoms with Crippen LogP contribution in [0.15, 0.2) is 18.3 Å². The van der Waals surface area contributed by atoms with Crippen molar-refractivity contribution in [3.8, 4) is 0 Å². The second-order valence-electron chi connectivity index (χ2n) is 4.20. The van der Waals surface area contributed by atoms with Crippen molar-refractivity contribution in [2.45, 2.75) is 13.5 Å². The van der Waals surface area contributed by atoms with Crippen LogP contribution in [0.2, 0.25) is 0 Å². The highest BCUT2D eigenvalue weighted by Gasteiger charge is 2.07. The topological polar surface area (TPSA) is 19.0 Å². The molecule has 2 nitrogen and oxygen atoms in total. The minimum atomic E-state index is -0.137. The largest absolute Gasteiger partial charge is 0.361 e. The first kappa shape index (κ1) is 10.2. The van der Waals surface area contributed by atoms with Gasteiger partial charge < -0.3 is 9.88 Å². The van der Waals surface area contributed by atoms with Gasteiger partial charge in [-0.1, -0.05) is 0 Å². The molecule has 0 unspecified atom stereocenters. The molecule has 0 amide bonds. The van der Waals surface area contributed by atoms with Crippen molar-refractivity contribution in [3.05, 3.63) is 35.3 Å². The molecule has 0 aliphatic carbocycles. The van der Waals surface area contributed by atoms with Crippen LogP contribution in [-0.4, -0.2) is 24.0 Å². The molecule has 0 bridgehead atoms. The van der Waals surface area contributed by atoms with Gasteiger partial charge >= 0.3 is 0 Å². The average molecular weight is 206 g/mol. The number of aryl methyl sites for hydroxylation is 1. The number of rotatable bonds is 2. The van der Waals surface area contributed by atoms with Gasteiger partial charge in [-0.3, -0.25) is 0 Å². The van der Waals surface area contributed by atoms with Crippen molar-refractivity contribution in [3.63, 3.8) is 0 Å². The molecule has 0 saturated carbocycles. The minimum Gasteiger partial charge on any atom is -0.361 e. The molecule has 1 aromatic carbocycles. The van der Waals surface area contributed by atoms with E-state index in [-0.39, 0.29) is 5.82 Å². The predicted molar refractivity (Wildman–Crippen MR) is 60.4 cm³/mol. The van der Waals surface area contributed by atoms with Crippen LogP contribution in [0.4, 0.5) is 4.39 Å². The lowest BCUT2D eigenvalue weighted by Gasteiger charge is -2.08. The van der Waals surface area contributed by atoms with E-state index in [4.69, 9.17) is 0 Å². The quantitative estimate of drug-likeness (QED) is 0.800. The summed E-state index contributed by atoms with van der Waals surface area (Å²) in [4.78, 5) is 5.24. The summed E-state index contributed by atoms with van der Waals surface area (Å²) < 4.78 is 13.4. The molecule has 0 fully saturated rings. The van der Waals surface area contributed by atoms with Gasteiger partial charge in [-0.05, 0) is 44.3 Å². The van der Waals surface area contributed by atoms with E-state index in [0.717, 1.165) is 23.0 Å². The number of nitrogens with one attached hydrogen (secondary N) is 1. The number of aromatic nitrogens is 1. The van der Waals surface area contributed by atoms with E-state index >= 15 is 0 Å². The molecule has 0 spiro atoms. The minimum absolute atomic E-state index is 0.137. The maximum atomic E-state index is 13.4. The monoisotopic (exact) mass is 206 g/mol. The van der Waals surface area contributed by atoms with Gasteiger partial charge in [0.25, 0.3) is 0 Å². The fraction of sp³-hybridized carbons (Fsp3) is 0.333. The SMILES string of the molecule is Cc1cc2[nH]cc(CN(C)C)c2cc1F. The van der Waals surface area contributed by atoms with Crippen molar-refractivity contribution in [1.82, 2.24) is 9.88 Å². The third-order valence-corrected chi connectivity index (χ3v) is 2.53. The Balaban J connectivity index is 2.54. The number of aromatic amines is 1. The molecule has 0 radical (unpaired) electrons. The van der Waals surface area contributed by atoms with Crippen LogP contribution in [0.5, 0.6) is 0 Å². The standard InChI is InChI=1S/C12H15FN2/c1-8-4-12-10(5-11(8)13)9(6-14-12)7-15(2)3/h4-6,14H,7H2,1-3H3. The first-order valence-electron chi connectivity index (χ1n) is 4.99. The molecule has 1 N–H and O–H groups in total. The zero-order valence-electron chi connectivity index (χ0n) is 9.26. The third kappa shape index (κ3) is 1.88. The highest BCUT2D eigenvalue weighted by molar-refractivity contribution is 5.83. The Morgan fingerprint density at radius 3 is 2.73 bits per heavy atom. The van der Waals surface area contributed by atoms with Crippen molar-refractivity contribution in [1.29, 1.82) is 0 Å². The van der Waals surface area contributed by atoms with E-state index in [0.29, 0.717) is 5.56 Å². The second-order valence-corrected chi connectivity index (χ2v) is 4.20. The van der Waals surface area contributed by atoms with Crippen molar-refractivity contribution >= 4 is 10.9 Å². The zero-order valence-corrected chi connectivity index (χ0v) is 9.26. The molecular weight excluding hydrogens is 191 g/mol. The van der Waals surface area contributed by atoms with E-state index in [1.807, 2.05) is 26.4 Å². The number of fused-ring (bicyclic) bond motifs is 1. The molecular formula is C12H15FN2. The highest BCUT2D eigenvalue weighted by Crippen LogP contribution is 2.22. The van der Waals surface area contributed by atoms with Gasteiger partial charge in [-0.25, -0.2) is 4.39 Å². The number of benzene rings is 1. The van der Waals surface area contributed by atoms with E-state index in [1.165, 1.54) is 0 Å². The molecule has 0 aliphatic rings. The fourth-order valence-corrected chi connectivity index (χ4v) is 1.78. The van der Waals surface area contributed by atoms with Crippen LogP contribution >= 0.6 is 0 Å². The first-order chi connectivity index (χ1) is 7.08. The fourth-order valence-electron chi connectivity index (χ4n) is 1.78. The van der Waals surface area contributed by atoms with Gasteiger partial charge in [-0.2, -0.15) is 0 Å². The number of nitrogens with zero attached hydrogens (tertiary/aromatic N) is 1. The third-order valence-electron chi connectivity index (χ3n) is 2.53. The van der Waals surface area contributed by atoms with Gasteiger partial charge in [0, 0.05) is 23.6 Å². The summed E-state index contributed by atoms with van der Waals surface area (Å²) >= 11 is 0. The summed E-state index contributed by atoms with van der Waals surface area (Å²) in [6.07, 6.45) is 1.95. The first-order valence-corrected chi connectivity index (χ1v) is 4.99. The molecule has 2 rings (SSSR count). The van der Waals surface area contributed by atoms with Gasteiger partial charge in [0.05, 0.1) is 0 Å². The van der Waals surface area contributed by atoms with Crippen LogP contribution in [0.3, 0.4) is 0 Å². The van der Waals surface area contributed by atoms with E-state index in [2.05, 4.69) is 9.88 Å². The van der Waals surface area contributed by atoms with Crippen LogP contribution in [-0.2, 0) is 6.54 Å². The zero-order chi connectivity index (χ0) is 11.0. The smallest absolute Gasteiger partial charge is 0.126 e. The Morgan fingerprint density at radius 2 is 2.07 bits per heavy atom. The molecule has 0 atom stereocenters. The van der Waals surface area contributed by atoms with E-state index in [1.54, 1.807) is 13.0 Å². The van der Waals surface area contributed by atoms with Gasteiger partial charge in [0.1, 0.15) is 5.82 Å². The molecule has 0 saturated heterocycles. The lowest BCUT2D eigenvalue weighted by molar-refractivity contribution is 0.404. The van der Waals surface area contributed by atoms with Crippen LogP contribution in [0.25, 0.3) is 10.9 Å². The van der Waals surface area contributed by atoms with Gasteiger partial charge in [-0.15, -0.1) is 0 Å². The summed E-state index contributed by atoms with van der Waals surface area (Å²) in [6, 6.07) is 3.46. The summed E-state index contributed by atoms with van der Waals surface area (Å²) in [5.74, 6) is -0.137. The Morgan fingerprint density at radius 1 is 1.33 bits per heavy atom. The highest BCUT2D eigenvalue weighted by atomic mass is 19.1. The van der Waals surface area contributed by atoms with E-state index < -0.39 is 0 Å². The summed E-state index contributed by atoms with van der Waals surface area (Å²) in [5, 5.41) is 0.979. The van der Waals surface area contributed by atoms with Crippen LogP contribution < -0.4 is 0 Å². The molecule has 2 aromatic rings. The molecule has 80 valence electrons. The number of H-pyrrole nitrogens is 1. The van der Waals surface area contributed by atoms with Gasteiger partial charge in [0.2, 0.25) is 0 Å². The normalized spacial score (nSPS) is 11.5. The van der Waals surface area contributed by atoms with Crippen molar-refractivity contribution < 1.29 is 4.39 Å².